The van der Waals surface area contributed by atoms with E-state index in [1.165, 1.54) is 18.2 Å². The van der Waals surface area contributed by atoms with Crippen LogP contribution < -0.4 is 5.32 Å². The Bertz CT molecular complexity index is 1320. The molecule has 0 bridgehead atoms. The first-order chi connectivity index (χ1) is 17.9. The van der Waals surface area contributed by atoms with Gasteiger partial charge < -0.3 is 15.5 Å². The van der Waals surface area contributed by atoms with Crippen LogP contribution in [0.3, 0.4) is 0 Å². The predicted molar refractivity (Wildman–Crippen MR) is 132 cm³/mol. The number of nitrogens with one attached hydrogen (secondary N) is 1. The van der Waals surface area contributed by atoms with Gasteiger partial charge in [-0.15, -0.1) is 10.2 Å². The molecule has 0 radical (unpaired) electrons. The van der Waals surface area contributed by atoms with Crippen molar-refractivity contribution in [3.63, 3.8) is 0 Å². The Labute approximate surface area is 216 Å². The molecule has 1 aliphatic heterocycles. The molecule has 38 heavy (non-hydrogen) atoms. The third-order valence-electron chi connectivity index (χ3n) is 6.43. The van der Waals surface area contributed by atoms with Crippen molar-refractivity contribution in [2.45, 2.75) is 51.7 Å². The molecule has 204 valence electrons. The second-order valence-corrected chi connectivity index (χ2v) is 9.69. The van der Waals surface area contributed by atoms with E-state index in [0.29, 0.717) is 17.7 Å². The average molecular weight is 536 g/mol. The molecule has 2 aromatic carbocycles. The van der Waals surface area contributed by atoms with Crippen molar-refractivity contribution in [3.8, 4) is 28.6 Å². The van der Waals surface area contributed by atoms with Crippen LogP contribution in [0.1, 0.15) is 60.8 Å². The van der Waals surface area contributed by atoms with Crippen LogP contribution in [0.4, 0.5) is 17.6 Å². The fourth-order valence-corrected chi connectivity index (χ4v) is 4.53. The van der Waals surface area contributed by atoms with Gasteiger partial charge in [0.2, 0.25) is 5.82 Å². The van der Waals surface area contributed by atoms with Crippen LogP contribution in [0, 0.1) is 5.82 Å². The largest absolute Gasteiger partial charge is 0.508 e. The van der Waals surface area contributed by atoms with Gasteiger partial charge in [0.15, 0.2) is 5.82 Å². The summed E-state index contributed by atoms with van der Waals surface area (Å²) in [5.74, 6) is -3.51. The monoisotopic (exact) mass is 535 g/mol. The van der Waals surface area contributed by atoms with Crippen molar-refractivity contribution in [2.75, 3.05) is 19.6 Å². The summed E-state index contributed by atoms with van der Waals surface area (Å²) in [7, 11) is 0. The summed E-state index contributed by atoms with van der Waals surface area (Å²) in [4.78, 5) is 14.9. The zero-order valence-electron chi connectivity index (χ0n) is 21.0. The molecule has 0 atom stereocenters. The molecule has 0 unspecified atom stereocenters. The van der Waals surface area contributed by atoms with Gasteiger partial charge in [0.1, 0.15) is 23.9 Å². The lowest BCUT2D eigenvalue weighted by atomic mass is 9.98. The van der Waals surface area contributed by atoms with Crippen LogP contribution in [0.5, 0.6) is 11.5 Å². The highest BCUT2D eigenvalue weighted by molar-refractivity contribution is 5.92. The third-order valence-corrected chi connectivity index (χ3v) is 6.43. The molecule has 0 saturated carbocycles. The van der Waals surface area contributed by atoms with E-state index in [4.69, 9.17) is 0 Å². The SMILES string of the molecule is CC(C)c1cc(-c2nnc(C(=O)NCC(F)(F)F)n2-c2ccc(CN3CCCCC3)cc2F)c(O)cc1O. The normalized spacial score (nSPS) is 14.7. The summed E-state index contributed by atoms with van der Waals surface area (Å²) < 4.78 is 54.8. The number of hydrogen-bond acceptors (Lipinski definition) is 6. The maximum atomic E-state index is 15.5. The van der Waals surface area contributed by atoms with E-state index in [2.05, 4.69) is 15.1 Å². The Morgan fingerprint density at radius 1 is 1.05 bits per heavy atom. The summed E-state index contributed by atoms with van der Waals surface area (Å²) >= 11 is 0. The first-order valence-electron chi connectivity index (χ1n) is 12.3. The van der Waals surface area contributed by atoms with Gasteiger partial charge >= 0.3 is 6.18 Å². The molecule has 0 aliphatic carbocycles. The van der Waals surface area contributed by atoms with E-state index in [0.717, 1.165) is 43.0 Å². The molecule has 4 rings (SSSR count). The number of hydrogen-bond donors (Lipinski definition) is 3. The number of likely N-dealkylation sites (tertiary alicyclic amines) is 1. The number of benzene rings is 2. The topological polar surface area (TPSA) is 104 Å². The summed E-state index contributed by atoms with van der Waals surface area (Å²) in [6.07, 6.45) is -1.39. The van der Waals surface area contributed by atoms with Crippen molar-refractivity contribution >= 4 is 5.91 Å². The molecule has 1 aliphatic rings. The van der Waals surface area contributed by atoms with E-state index in [1.54, 1.807) is 25.2 Å². The molecule has 3 N–H and O–H groups in total. The van der Waals surface area contributed by atoms with Crippen molar-refractivity contribution in [1.29, 1.82) is 0 Å². The molecule has 1 amide bonds. The van der Waals surface area contributed by atoms with Crippen molar-refractivity contribution in [2.24, 2.45) is 0 Å². The fourth-order valence-electron chi connectivity index (χ4n) is 4.53. The molecule has 1 fully saturated rings. The van der Waals surface area contributed by atoms with Crippen LogP contribution in [-0.4, -0.2) is 61.6 Å². The zero-order chi connectivity index (χ0) is 27.6. The third kappa shape index (κ3) is 6.07. The predicted octanol–water partition coefficient (Wildman–Crippen LogP) is 4.89. The second-order valence-electron chi connectivity index (χ2n) is 9.69. The van der Waals surface area contributed by atoms with E-state index in [9.17, 15) is 28.2 Å². The van der Waals surface area contributed by atoms with Crippen LogP contribution in [0.25, 0.3) is 17.1 Å². The molecular weight excluding hydrogens is 506 g/mol. The van der Waals surface area contributed by atoms with Crippen molar-refractivity contribution in [1.82, 2.24) is 25.0 Å². The van der Waals surface area contributed by atoms with Gasteiger partial charge in [-0.05, 0) is 61.2 Å². The number of halogens is 4. The Morgan fingerprint density at radius 3 is 2.39 bits per heavy atom. The lowest BCUT2D eigenvalue weighted by Gasteiger charge is -2.26. The van der Waals surface area contributed by atoms with Gasteiger partial charge in [-0.1, -0.05) is 26.3 Å². The van der Waals surface area contributed by atoms with Crippen LogP contribution in [0.2, 0.25) is 0 Å². The van der Waals surface area contributed by atoms with E-state index < -0.39 is 36.0 Å². The first kappa shape index (κ1) is 27.4. The highest BCUT2D eigenvalue weighted by Crippen LogP contribution is 2.38. The van der Waals surface area contributed by atoms with Gasteiger partial charge in [0.05, 0.1) is 11.3 Å². The number of amides is 1. The summed E-state index contributed by atoms with van der Waals surface area (Å²) in [5.41, 5.74) is 0.974. The molecule has 0 spiro atoms. The Morgan fingerprint density at radius 2 is 1.76 bits per heavy atom. The summed E-state index contributed by atoms with van der Waals surface area (Å²) in [5, 5.41) is 30.2. The zero-order valence-corrected chi connectivity index (χ0v) is 21.0. The number of rotatable bonds is 7. The Hall–Kier alpha value is -3.67. The number of phenolic OH excluding ortho intramolecular Hbond substituents is 2. The van der Waals surface area contributed by atoms with Gasteiger partial charge in [-0.2, -0.15) is 13.2 Å². The summed E-state index contributed by atoms with van der Waals surface area (Å²) in [6, 6.07) is 6.90. The van der Waals surface area contributed by atoms with Gasteiger partial charge in [-0.25, -0.2) is 4.39 Å². The molecule has 1 aromatic heterocycles. The van der Waals surface area contributed by atoms with E-state index in [1.807, 2.05) is 0 Å². The molecular formula is C26H29F4N5O3. The Kier molecular flexibility index (Phi) is 7.91. The standard InChI is InChI=1S/C26H29F4N5O3/c1-15(2)17-11-18(22(37)12-21(17)36)23-32-33-24(25(38)31-14-26(28,29)30)35(23)20-7-6-16(10-19(20)27)13-34-8-4-3-5-9-34/h6-7,10-12,15,36-37H,3-5,8-9,13-14H2,1-2H3,(H,31,38). The van der Waals surface area contributed by atoms with Crippen LogP contribution in [-0.2, 0) is 6.54 Å². The van der Waals surface area contributed by atoms with Gasteiger partial charge in [0, 0.05) is 12.6 Å². The maximum absolute atomic E-state index is 15.5. The van der Waals surface area contributed by atoms with E-state index >= 15 is 4.39 Å². The van der Waals surface area contributed by atoms with Crippen molar-refractivity contribution in [3.05, 3.63) is 53.1 Å². The lowest BCUT2D eigenvalue weighted by molar-refractivity contribution is -0.123. The number of aromatic nitrogens is 3. The number of alkyl halides is 3. The number of aromatic hydroxyl groups is 2. The minimum atomic E-state index is -4.67. The van der Waals surface area contributed by atoms with E-state index in [-0.39, 0.29) is 28.7 Å². The summed E-state index contributed by atoms with van der Waals surface area (Å²) in [6.45, 7) is 4.32. The van der Waals surface area contributed by atoms with Crippen LogP contribution in [0.15, 0.2) is 30.3 Å². The van der Waals surface area contributed by atoms with Gasteiger partial charge in [0.25, 0.3) is 5.91 Å². The van der Waals surface area contributed by atoms with Crippen LogP contribution >= 0.6 is 0 Å². The molecule has 8 nitrogen and oxygen atoms in total. The second kappa shape index (κ2) is 11.0. The molecule has 1 saturated heterocycles. The molecule has 2 heterocycles. The Balaban J connectivity index is 1.80. The minimum absolute atomic E-state index is 0.0191. The highest BCUT2D eigenvalue weighted by Gasteiger charge is 2.31. The number of piperidine rings is 1. The fraction of sp³-hybridized carbons (Fsp3) is 0.423. The number of carbonyl (C=O) groups excluding carboxylic acids is 1. The van der Waals surface area contributed by atoms with Crippen molar-refractivity contribution < 1.29 is 32.6 Å². The number of carbonyl (C=O) groups is 1. The number of nitrogens with zero attached hydrogens (tertiary/aromatic N) is 4. The lowest BCUT2D eigenvalue weighted by Crippen LogP contribution is -2.35. The smallest absolute Gasteiger partial charge is 0.405 e. The quantitative estimate of drug-likeness (QED) is 0.373. The number of phenols is 2. The minimum Gasteiger partial charge on any atom is -0.508 e. The molecule has 3 aromatic rings. The molecule has 12 heteroatoms. The highest BCUT2D eigenvalue weighted by atomic mass is 19.4. The van der Waals surface area contributed by atoms with Gasteiger partial charge in [-0.3, -0.25) is 14.3 Å². The first-order valence-corrected chi connectivity index (χ1v) is 12.3. The maximum Gasteiger partial charge on any atom is 0.405 e. The average Bonchev–Trinajstić information content (AvgIpc) is 3.27.